The third-order valence-corrected chi connectivity index (χ3v) is 7.75. The summed E-state index contributed by atoms with van der Waals surface area (Å²) in [4.78, 5) is 10.3. The van der Waals surface area contributed by atoms with Crippen molar-refractivity contribution in [3.05, 3.63) is 33.3 Å². The maximum Gasteiger partial charge on any atom is 0.271 e. The molecule has 250 valence electrons. The van der Waals surface area contributed by atoms with Gasteiger partial charge in [-0.1, -0.05) is 11.6 Å². The first-order valence-electron chi connectivity index (χ1n) is 13.3. The van der Waals surface area contributed by atoms with Crippen molar-refractivity contribution in [2.24, 2.45) is 0 Å². The van der Waals surface area contributed by atoms with Gasteiger partial charge >= 0.3 is 0 Å². The van der Waals surface area contributed by atoms with Crippen molar-refractivity contribution in [1.82, 2.24) is 0 Å². The van der Waals surface area contributed by atoms with E-state index in [2.05, 4.69) is 0 Å². The molecule has 0 spiro atoms. The van der Waals surface area contributed by atoms with Crippen LogP contribution in [0.5, 0.6) is 5.75 Å². The van der Waals surface area contributed by atoms with Crippen LogP contribution in [0.2, 0.25) is 5.02 Å². The predicted molar refractivity (Wildman–Crippen MR) is 138 cm³/mol. The number of non-ortho nitro benzene ring substituents is 1. The van der Waals surface area contributed by atoms with Gasteiger partial charge in [0.05, 0.1) is 29.8 Å². The van der Waals surface area contributed by atoms with Gasteiger partial charge in [-0.2, -0.15) is 0 Å². The zero-order chi connectivity index (χ0) is 32.5. The maximum atomic E-state index is 11.1. The van der Waals surface area contributed by atoms with Crippen LogP contribution >= 0.6 is 11.6 Å². The molecule has 3 saturated heterocycles. The topological polar surface area (TPSA) is 301 Å². The van der Waals surface area contributed by atoms with E-state index in [0.29, 0.717) is 0 Å². The molecule has 44 heavy (non-hydrogen) atoms. The molecule has 3 fully saturated rings. The third-order valence-electron chi connectivity index (χ3n) is 7.46. The maximum absolute atomic E-state index is 11.1. The van der Waals surface area contributed by atoms with Crippen molar-refractivity contribution in [2.45, 2.75) is 92.1 Å². The Morgan fingerprint density at radius 1 is 0.705 bits per heavy atom. The summed E-state index contributed by atoms with van der Waals surface area (Å²) in [7, 11) is 0. The fraction of sp³-hybridized carbons (Fsp3) is 0.750. The molecule has 0 radical (unpaired) electrons. The van der Waals surface area contributed by atoms with Gasteiger partial charge in [0.15, 0.2) is 25.0 Å². The van der Waals surface area contributed by atoms with Crippen LogP contribution in [-0.2, 0) is 23.7 Å². The molecule has 3 aliphatic rings. The van der Waals surface area contributed by atoms with E-state index in [-0.39, 0.29) is 16.5 Å². The lowest BCUT2D eigenvalue weighted by Gasteiger charge is -2.48. The van der Waals surface area contributed by atoms with Gasteiger partial charge in [-0.25, -0.2) is 0 Å². The molecule has 3 aliphatic heterocycles. The molecule has 20 heteroatoms. The van der Waals surface area contributed by atoms with Crippen molar-refractivity contribution >= 4 is 17.3 Å². The highest BCUT2D eigenvalue weighted by molar-refractivity contribution is 6.32. The molecule has 0 aliphatic carbocycles. The zero-order valence-corrected chi connectivity index (χ0v) is 23.3. The molecule has 0 aromatic heterocycles. The largest absolute Gasteiger partial charge is 0.481 e. The van der Waals surface area contributed by atoms with Gasteiger partial charge in [0, 0.05) is 12.1 Å². The fourth-order valence-corrected chi connectivity index (χ4v) is 5.23. The van der Waals surface area contributed by atoms with E-state index < -0.39 is 117 Å². The Morgan fingerprint density at radius 2 is 1.23 bits per heavy atom. The van der Waals surface area contributed by atoms with Crippen LogP contribution in [0.4, 0.5) is 5.69 Å². The van der Waals surface area contributed by atoms with Crippen molar-refractivity contribution in [1.29, 1.82) is 0 Å². The first-order valence-corrected chi connectivity index (χ1v) is 13.7. The molecule has 1 aromatic rings. The number of hydrogen-bond acceptors (Lipinski definition) is 18. The third kappa shape index (κ3) is 7.08. The summed E-state index contributed by atoms with van der Waals surface area (Å²) in [6.07, 6.45) is -26.0. The van der Waals surface area contributed by atoms with Crippen LogP contribution in [0, 0.1) is 10.1 Å². The van der Waals surface area contributed by atoms with Gasteiger partial charge in [-0.15, -0.1) is 0 Å². The standard InChI is InChI=1S/C24H34ClNO18/c25-8-3-7(26(37)38)1-2-9(8)39-21-14(31)13(30)10(4-27)41-24(21)44-20-12(6-29)42-23(18(35)16(20)33)43-19-11(5-28)40-22(36)17(34)15(19)32/h1-3,10-24,27-36H,4-6H2/t10-,11-,12-,13-,14+,15-,16-,17-,18-,19-,20-,21-,22-,23-,24-/m1/s1. The molecule has 0 unspecified atom stereocenters. The number of nitrogens with zero attached hydrogens (tertiary/aromatic N) is 1. The summed E-state index contributed by atoms with van der Waals surface area (Å²) in [6, 6.07) is 3.11. The summed E-state index contributed by atoms with van der Waals surface area (Å²) in [5.74, 6) is -0.209. The van der Waals surface area contributed by atoms with E-state index in [0.717, 1.165) is 18.2 Å². The molecule has 10 N–H and O–H groups in total. The average molecular weight is 660 g/mol. The lowest BCUT2D eigenvalue weighted by Crippen LogP contribution is -2.67. The Morgan fingerprint density at radius 3 is 1.80 bits per heavy atom. The highest BCUT2D eigenvalue weighted by Gasteiger charge is 2.54. The van der Waals surface area contributed by atoms with Gasteiger partial charge in [-0.05, 0) is 6.07 Å². The summed E-state index contributed by atoms with van der Waals surface area (Å²) in [5, 5.41) is 113. The molecule has 19 nitrogen and oxygen atoms in total. The second-order valence-corrected chi connectivity index (χ2v) is 10.7. The Kier molecular flexibility index (Phi) is 11.7. The number of aliphatic hydroxyl groups excluding tert-OH is 10. The Labute approximate surface area is 253 Å². The smallest absolute Gasteiger partial charge is 0.271 e. The van der Waals surface area contributed by atoms with Gasteiger partial charge < -0.3 is 79.5 Å². The van der Waals surface area contributed by atoms with Crippen molar-refractivity contribution < 1.29 is 84.4 Å². The number of hydrogen-bond donors (Lipinski definition) is 10. The van der Waals surface area contributed by atoms with Crippen LogP contribution in [-0.4, -0.2) is 168 Å². The zero-order valence-electron chi connectivity index (χ0n) is 22.6. The number of rotatable bonds is 10. The molecule has 0 saturated carbocycles. The van der Waals surface area contributed by atoms with Crippen LogP contribution in [0.3, 0.4) is 0 Å². The molecule has 3 heterocycles. The first-order chi connectivity index (χ1) is 20.8. The van der Waals surface area contributed by atoms with Crippen molar-refractivity contribution in [3.63, 3.8) is 0 Å². The lowest BCUT2D eigenvalue weighted by molar-refractivity contribution is -0.384. The highest BCUT2D eigenvalue weighted by Crippen LogP contribution is 2.35. The van der Waals surface area contributed by atoms with Crippen molar-refractivity contribution in [2.75, 3.05) is 19.8 Å². The van der Waals surface area contributed by atoms with Gasteiger partial charge in [0.25, 0.3) is 5.69 Å². The number of aliphatic hydroxyl groups is 10. The van der Waals surface area contributed by atoms with E-state index in [9.17, 15) is 61.2 Å². The highest BCUT2D eigenvalue weighted by atomic mass is 35.5. The number of halogens is 1. The minimum Gasteiger partial charge on any atom is -0.481 e. The summed E-state index contributed by atoms with van der Waals surface area (Å²) in [5.41, 5.74) is -0.377. The van der Waals surface area contributed by atoms with Crippen LogP contribution in [0.1, 0.15) is 0 Å². The van der Waals surface area contributed by atoms with E-state index in [1.54, 1.807) is 0 Å². The Hall–Kier alpha value is -1.89. The molecular formula is C24H34ClNO18. The monoisotopic (exact) mass is 659 g/mol. The van der Waals surface area contributed by atoms with Gasteiger partial charge in [0.2, 0.25) is 0 Å². The van der Waals surface area contributed by atoms with Gasteiger partial charge in [0.1, 0.15) is 72.9 Å². The van der Waals surface area contributed by atoms with E-state index in [1.165, 1.54) is 0 Å². The first kappa shape index (κ1) is 35.0. The predicted octanol–water partition coefficient (Wildman–Crippen LogP) is -4.92. The summed E-state index contributed by atoms with van der Waals surface area (Å²) in [6.45, 7) is -2.50. The lowest BCUT2D eigenvalue weighted by atomic mass is 9.96. The second-order valence-electron chi connectivity index (χ2n) is 10.3. The second kappa shape index (κ2) is 14.7. The SMILES string of the molecule is O=[N+]([O-])c1ccc(O[C@H]2[C@@H](O[C@H]3[C@H](O)[C@@H](O)[C@@H](O[C@H]4[C@H](O)[C@@H](O)[C@H](O)O[C@@H]4CO)O[C@@H]3CO)O[C@H](CO)[C@@H](O)[C@@H]2O)c(Cl)c1. The minimum atomic E-state index is -1.99. The molecule has 0 bridgehead atoms. The summed E-state index contributed by atoms with van der Waals surface area (Å²) >= 11 is 6.10. The molecule has 0 amide bonds. The van der Waals surface area contributed by atoms with Crippen molar-refractivity contribution in [3.8, 4) is 5.75 Å². The van der Waals surface area contributed by atoms with Crippen LogP contribution in [0.15, 0.2) is 18.2 Å². The van der Waals surface area contributed by atoms with Crippen LogP contribution in [0.25, 0.3) is 0 Å². The fourth-order valence-electron chi connectivity index (χ4n) is 5.01. The normalized spacial score (nSPS) is 43.0. The number of nitro groups is 1. The number of ether oxygens (including phenoxy) is 6. The molecule has 1 aromatic carbocycles. The Balaban J connectivity index is 1.54. The molecule has 4 rings (SSSR count). The van der Waals surface area contributed by atoms with E-state index in [1.807, 2.05) is 0 Å². The number of nitro benzene ring substituents is 1. The minimum absolute atomic E-state index is 0.209. The van der Waals surface area contributed by atoms with E-state index >= 15 is 0 Å². The van der Waals surface area contributed by atoms with Gasteiger partial charge in [-0.3, -0.25) is 10.1 Å². The Bertz CT molecular complexity index is 1110. The summed E-state index contributed by atoms with van der Waals surface area (Å²) < 4.78 is 33.0. The number of benzene rings is 1. The quantitative estimate of drug-likeness (QED) is 0.0831. The average Bonchev–Trinajstić information content (AvgIpc) is 3.00. The van der Waals surface area contributed by atoms with Crippen LogP contribution < -0.4 is 4.74 Å². The van der Waals surface area contributed by atoms with E-state index in [4.69, 9.17) is 40.0 Å². The molecule has 15 atom stereocenters. The molecular weight excluding hydrogens is 626 g/mol.